The second kappa shape index (κ2) is 7.25. The fourth-order valence-corrected chi connectivity index (χ4v) is 2.79. The van der Waals surface area contributed by atoms with Gasteiger partial charge in [-0.05, 0) is 43.2 Å². The smallest absolute Gasteiger partial charge is 0.220 e. The van der Waals surface area contributed by atoms with E-state index in [4.69, 9.17) is 0 Å². The SMILES string of the molecule is CCn1c(CNC(=O)CCc2ccc(F)cc2)nc2ccccc21. The largest absolute Gasteiger partial charge is 0.349 e. The van der Waals surface area contributed by atoms with Crippen LogP contribution in [0.25, 0.3) is 11.0 Å². The molecule has 0 aliphatic rings. The monoisotopic (exact) mass is 325 g/mol. The third kappa shape index (κ3) is 3.62. The van der Waals surface area contributed by atoms with E-state index in [2.05, 4.69) is 21.8 Å². The third-order valence-corrected chi connectivity index (χ3v) is 4.05. The topological polar surface area (TPSA) is 46.9 Å². The summed E-state index contributed by atoms with van der Waals surface area (Å²) < 4.78 is 15.0. The molecule has 24 heavy (non-hydrogen) atoms. The Morgan fingerprint density at radius 3 is 2.67 bits per heavy atom. The number of nitrogens with zero attached hydrogens (tertiary/aromatic N) is 2. The van der Waals surface area contributed by atoms with Gasteiger partial charge in [0.25, 0.3) is 0 Å². The Bertz CT molecular complexity index is 839. The summed E-state index contributed by atoms with van der Waals surface area (Å²) >= 11 is 0. The molecule has 3 rings (SSSR count). The molecule has 1 heterocycles. The first-order chi connectivity index (χ1) is 11.7. The number of amides is 1. The molecule has 0 aliphatic heterocycles. The van der Waals surface area contributed by atoms with Crippen LogP contribution in [0.4, 0.5) is 4.39 Å². The van der Waals surface area contributed by atoms with E-state index >= 15 is 0 Å². The van der Waals surface area contributed by atoms with Crippen LogP contribution in [-0.4, -0.2) is 15.5 Å². The number of aryl methyl sites for hydroxylation is 2. The van der Waals surface area contributed by atoms with Crippen molar-refractivity contribution in [1.29, 1.82) is 0 Å². The van der Waals surface area contributed by atoms with Crippen LogP contribution in [0.1, 0.15) is 24.7 Å². The minimum Gasteiger partial charge on any atom is -0.349 e. The van der Waals surface area contributed by atoms with E-state index in [9.17, 15) is 9.18 Å². The Kier molecular flexibility index (Phi) is 4.89. The number of carbonyl (C=O) groups is 1. The van der Waals surface area contributed by atoms with Crippen molar-refractivity contribution in [3.8, 4) is 0 Å². The zero-order valence-corrected chi connectivity index (χ0v) is 13.6. The van der Waals surface area contributed by atoms with Gasteiger partial charge in [0, 0.05) is 13.0 Å². The zero-order chi connectivity index (χ0) is 16.9. The van der Waals surface area contributed by atoms with Gasteiger partial charge in [-0.1, -0.05) is 24.3 Å². The van der Waals surface area contributed by atoms with Gasteiger partial charge in [-0.3, -0.25) is 4.79 Å². The fraction of sp³-hybridized carbons (Fsp3) is 0.263. The number of carbonyl (C=O) groups excluding carboxylic acids is 1. The Balaban J connectivity index is 1.59. The van der Waals surface area contributed by atoms with Gasteiger partial charge in [-0.25, -0.2) is 9.37 Å². The normalized spacial score (nSPS) is 10.9. The maximum Gasteiger partial charge on any atom is 0.220 e. The molecule has 0 saturated heterocycles. The van der Waals surface area contributed by atoms with Crippen LogP contribution in [0.2, 0.25) is 0 Å². The highest BCUT2D eigenvalue weighted by Crippen LogP contribution is 2.15. The predicted molar refractivity (Wildman–Crippen MR) is 92.0 cm³/mol. The van der Waals surface area contributed by atoms with Gasteiger partial charge in [-0.2, -0.15) is 0 Å². The first-order valence-electron chi connectivity index (χ1n) is 8.12. The third-order valence-electron chi connectivity index (χ3n) is 4.05. The van der Waals surface area contributed by atoms with Gasteiger partial charge in [0.2, 0.25) is 5.91 Å². The number of halogens is 1. The number of nitrogens with one attached hydrogen (secondary N) is 1. The summed E-state index contributed by atoms with van der Waals surface area (Å²) in [5.41, 5.74) is 2.97. The van der Waals surface area contributed by atoms with Gasteiger partial charge >= 0.3 is 0 Å². The number of benzene rings is 2. The first-order valence-corrected chi connectivity index (χ1v) is 8.12. The zero-order valence-electron chi connectivity index (χ0n) is 13.6. The van der Waals surface area contributed by atoms with Crippen molar-refractivity contribution >= 4 is 16.9 Å². The minimum atomic E-state index is -0.262. The van der Waals surface area contributed by atoms with Crippen molar-refractivity contribution in [2.75, 3.05) is 0 Å². The van der Waals surface area contributed by atoms with Crippen molar-refractivity contribution < 1.29 is 9.18 Å². The van der Waals surface area contributed by atoms with Gasteiger partial charge in [0.15, 0.2) is 0 Å². The van der Waals surface area contributed by atoms with E-state index in [0.29, 0.717) is 19.4 Å². The highest BCUT2D eigenvalue weighted by Gasteiger charge is 2.10. The standard InChI is InChI=1S/C19H20FN3O/c1-2-23-17-6-4-3-5-16(17)22-18(23)13-21-19(24)12-9-14-7-10-15(20)11-8-14/h3-8,10-11H,2,9,12-13H2,1H3,(H,21,24). The molecule has 1 amide bonds. The number of imidazole rings is 1. The number of aromatic nitrogens is 2. The molecule has 0 fully saturated rings. The summed E-state index contributed by atoms with van der Waals surface area (Å²) in [6.07, 6.45) is 0.967. The molecule has 0 aliphatic carbocycles. The minimum absolute atomic E-state index is 0.0333. The maximum atomic E-state index is 12.9. The Morgan fingerprint density at radius 1 is 1.17 bits per heavy atom. The average Bonchev–Trinajstić information content (AvgIpc) is 2.97. The quantitative estimate of drug-likeness (QED) is 0.754. The molecule has 0 radical (unpaired) electrons. The van der Waals surface area contributed by atoms with Crippen LogP contribution in [0.3, 0.4) is 0 Å². The molecular weight excluding hydrogens is 305 g/mol. The predicted octanol–water partition coefficient (Wildman–Crippen LogP) is 3.44. The van der Waals surface area contributed by atoms with Gasteiger partial charge < -0.3 is 9.88 Å². The molecule has 5 heteroatoms. The molecule has 3 aromatic rings. The number of hydrogen-bond donors (Lipinski definition) is 1. The molecule has 0 bridgehead atoms. The molecule has 1 aromatic heterocycles. The van der Waals surface area contributed by atoms with E-state index in [0.717, 1.165) is 29.0 Å². The molecule has 2 aromatic carbocycles. The van der Waals surface area contributed by atoms with Crippen LogP contribution < -0.4 is 5.32 Å². The molecule has 124 valence electrons. The summed E-state index contributed by atoms with van der Waals surface area (Å²) in [7, 11) is 0. The lowest BCUT2D eigenvalue weighted by atomic mass is 10.1. The number of rotatable bonds is 6. The van der Waals surface area contributed by atoms with Crippen molar-refractivity contribution in [1.82, 2.24) is 14.9 Å². The van der Waals surface area contributed by atoms with Crippen LogP contribution in [-0.2, 0) is 24.3 Å². The van der Waals surface area contributed by atoms with Crippen molar-refractivity contribution in [3.05, 3.63) is 65.7 Å². The second-order valence-electron chi connectivity index (χ2n) is 5.66. The lowest BCUT2D eigenvalue weighted by Crippen LogP contribution is -2.24. The highest BCUT2D eigenvalue weighted by atomic mass is 19.1. The maximum absolute atomic E-state index is 12.9. The lowest BCUT2D eigenvalue weighted by molar-refractivity contribution is -0.121. The van der Waals surface area contributed by atoms with Crippen molar-refractivity contribution in [2.24, 2.45) is 0 Å². The molecular formula is C19H20FN3O. The van der Waals surface area contributed by atoms with Gasteiger partial charge in [-0.15, -0.1) is 0 Å². The van der Waals surface area contributed by atoms with Crippen LogP contribution in [0.15, 0.2) is 48.5 Å². The molecule has 0 saturated carbocycles. The lowest BCUT2D eigenvalue weighted by Gasteiger charge is -2.08. The fourth-order valence-electron chi connectivity index (χ4n) is 2.79. The number of para-hydroxylation sites is 2. The van der Waals surface area contributed by atoms with Gasteiger partial charge in [0.05, 0.1) is 17.6 Å². The van der Waals surface area contributed by atoms with Gasteiger partial charge in [0.1, 0.15) is 11.6 Å². The molecule has 0 unspecified atom stereocenters. The summed E-state index contributed by atoms with van der Waals surface area (Å²) in [5.74, 6) is 0.560. The van der Waals surface area contributed by atoms with Crippen LogP contribution in [0, 0.1) is 5.82 Å². The molecule has 4 nitrogen and oxygen atoms in total. The number of fused-ring (bicyclic) bond motifs is 1. The Morgan fingerprint density at radius 2 is 1.92 bits per heavy atom. The first kappa shape index (κ1) is 16.2. The van der Waals surface area contributed by atoms with Crippen molar-refractivity contribution in [3.63, 3.8) is 0 Å². The van der Waals surface area contributed by atoms with Crippen LogP contribution in [0.5, 0.6) is 0 Å². The van der Waals surface area contributed by atoms with E-state index in [1.54, 1.807) is 12.1 Å². The molecule has 1 N–H and O–H groups in total. The summed E-state index contributed by atoms with van der Waals surface area (Å²) in [6.45, 7) is 3.28. The average molecular weight is 325 g/mol. The van der Waals surface area contributed by atoms with E-state index in [1.807, 2.05) is 24.3 Å². The summed E-state index contributed by atoms with van der Waals surface area (Å²) in [5, 5.41) is 2.92. The summed E-state index contributed by atoms with van der Waals surface area (Å²) in [4.78, 5) is 16.6. The van der Waals surface area contributed by atoms with E-state index in [-0.39, 0.29) is 11.7 Å². The Hall–Kier alpha value is -2.69. The van der Waals surface area contributed by atoms with Crippen LogP contribution >= 0.6 is 0 Å². The van der Waals surface area contributed by atoms with Crippen molar-refractivity contribution in [2.45, 2.75) is 32.9 Å². The Labute approximate surface area is 140 Å². The molecule has 0 spiro atoms. The molecule has 0 atom stereocenters. The summed E-state index contributed by atoms with van der Waals surface area (Å²) in [6, 6.07) is 14.2. The highest BCUT2D eigenvalue weighted by molar-refractivity contribution is 5.77. The second-order valence-corrected chi connectivity index (χ2v) is 5.66. The van der Waals surface area contributed by atoms with E-state index < -0.39 is 0 Å². The van der Waals surface area contributed by atoms with E-state index in [1.165, 1.54) is 12.1 Å². The number of hydrogen-bond acceptors (Lipinski definition) is 2.